The molecule has 1 atom stereocenters. The zero-order valence-electron chi connectivity index (χ0n) is 10.2. The molecule has 102 valence electrons. The Balaban J connectivity index is 1.97. The zero-order valence-corrected chi connectivity index (χ0v) is 11.8. The quantitative estimate of drug-likeness (QED) is 0.844. The fourth-order valence-corrected chi connectivity index (χ4v) is 4.08. The molecule has 0 radical (unpaired) electrons. The lowest BCUT2D eigenvalue weighted by atomic mass is 10.2. The fraction of sp³-hybridized carbons (Fsp3) is 0.700. The van der Waals surface area contributed by atoms with Gasteiger partial charge in [0, 0.05) is 19.4 Å². The number of nitrogens with two attached hydrogens (primary N) is 1. The van der Waals surface area contributed by atoms with Crippen LogP contribution in [0.5, 0.6) is 0 Å². The highest BCUT2D eigenvalue weighted by Gasteiger charge is 2.21. The van der Waals surface area contributed by atoms with Crippen LogP contribution >= 0.6 is 11.5 Å². The van der Waals surface area contributed by atoms with Crippen LogP contribution in [0.15, 0.2) is 4.90 Å². The van der Waals surface area contributed by atoms with Crippen LogP contribution in [-0.4, -0.2) is 38.3 Å². The minimum absolute atomic E-state index is 0.0714. The minimum atomic E-state index is -3.34. The summed E-state index contributed by atoms with van der Waals surface area (Å²) in [5, 5.41) is 3.61. The molecule has 1 aromatic heterocycles. The number of nitrogens with zero attached hydrogens (tertiary/aromatic N) is 1. The van der Waals surface area contributed by atoms with E-state index in [2.05, 4.69) is 9.69 Å². The maximum absolute atomic E-state index is 11.6. The maximum atomic E-state index is 11.6. The summed E-state index contributed by atoms with van der Waals surface area (Å²) in [6, 6.07) is 0. The van der Waals surface area contributed by atoms with Crippen molar-refractivity contribution in [2.24, 2.45) is 0 Å². The largest absolute Gasteiger partial charge is 0.382 e. The van der Waals surface area contributed by atoms with E-state index in [1.165, 1.54) is 0 Å². The van der Waals surface area contributed by atoms with Crippen molar-refractivity contribution >= 4 is 32.2 Å². The third-order valence-electron chi connectivity index (χ3n) is 2.82. The van der Waals surface area contributed by atoms with Gasteiger partial charge in [0.2, 0.25) is 0 Å². The van der Waals surface area contributed by atoms with E-state index in [0.717, 1.165) is 43.7 Å². The Morgan fingerprint density at radius 2 is 2.39 bits per heavy atom. The lowest BCUT2D eigenvalue weighted by Crippen LogP contribution is -2.13. The van der Waals surface area contributed by atoms with Crippen LogP contribution in [0, 0.1) is 0 Å². The van der Waals surface area contributed by atoms with E-state index in [1.54, 1.807) is 0 Å². The second-order valence-electron chi connectivity index (χ2n) is 4.35. The van der Waals surface area contributed by atoms with Crippen LogP contribution in [0.25, 0.3) is 0 Å². The van der Waals surface area contributed by atoms with E-state index in [0.29, 0.717) is 11.5 Å². The summed E-state index contributed by atoms with van der Waals surface area (Å²) in [6.07, 6.45) is 4.46. The third kappa shape index (κ3) is 3.12. The lowest BCUT2D eigenvalue weighted by molar-refractivity contribution is 0.107. The van der Waals surface area contributed by atoms with Gasteiger partial charge < -0.3 is 15.8 Å². The molecule has 0 amide bonds. The molecule has 3 N–H and O–H groups in total. The molecule has 0 bridgehead atoms. The summed E-state index contributed by atoms with van der Waals surface area (Å²) in [7, 11) is -3.34. The number of aromatic nitrogens is 1. The molecule has 0 spiro atoms. The van der Waals surface area contributed by atoms with Crippen LogP contribution in [0.1, 0.15) is 19.3 Å². The smallest absolute Gasteiger partial charge is 0.182 e. The van der Waals surface area contributed by atoms with Crippen LogP contribution in [-0.2, 0) is 14.6 Å². The summed E-state index contributed by atoms with van der Waals surface area (Å²) in [4.78, 5) is 0.111. The van der Waals surface area contributed by atoms with Crippen LogP contribution in [0.4, 0.5) is 10.8 Å². The number of hydrogen-bond acceptors (Lipinski definition) is 7. The number of nitrogen functional groups attached to an aromatic ring is 1. The molecule has 2 rings (SSSR count). The highest BCUT2D eigenvalue weighted by molar-refractivity contribution is 7.91. The van der Waals surface area contributed by atoms with Crippen molar-refractivity contribution in [1.82, 2.24) is 4.37 Å². The minimum Gasteiger partial charge on any atom is -0.382 e. The second-order valence-corrected chi connectivity index (χ2v) is 7.07. The van der Waals surface area contributed by atoms with Crippen molar-refractivity contribution in [3.8, 4) is 0 Å². The number of ether oxygens (including phenoxy) is 1. The molecule has 8 heteroatoms. The topological polar surface area (TPSA) is 94.3 Å². The Labute approximate surface area is 111 Å². The predicted octanol–water partition coefficient (Wildman–Crippen LogP) is 1.11. The first-order valence-electron chi connectivity index (χ1n) is 5.79. The van der Waals surface area contributed by atoms with E-state index < -0.39 is 9.84 Å². The number of nitrogens with one attached hydrogen (secondary N) is 1. The fourth-order valence-electron chi connectivity index (χ4n) is 1.98. The Morgan fingerprint density at radius 1 is 1.61 bits per heavy atom. The van der Waals surface area contributed by atoms with Gasteiger partial charge in [-0.25, -0.2) is 8.42 Å². The van der Waals surface area contributed by atoms with E-state index in [4.69, 9.17) is 10.5 Å². The highest BCUT2D eigenvalue weighted by Crippen LogP contribution is 2.31. The Bertz CT molecular complexity index is 506. The monoisotopic (exact) mass is 291 g/mol. The van der Waals surface area contributed by atoms with Gasteiger partial charge in [-0.15, -0.1) is 0 Å². The molecule has 1 aliphatic rings. The van der Waals surface area contributed by atoms with Gasteiger partial charge in [0.25, 0.3) is 0 Å². The number of anilines is 2. The molecule has 1 aliphatic heterocycles. The average molecular weight is 291 g/mol. The molecule has 1 aromatic rings. The Kier molecular flexibility index (Phi) is 4.08. The predicted molar refractivity (Wildman–Crippen MR) is 71.7 cm³/mol. The molecular weight excluding hydrogens is 274 g/mol. The molecule has 0 aromatic carbocycles. The van der Waals surface area contributed by atoms with Crippen LogP contribution in [0.3, 0.4) is 0 Å². The van der Waals surface area contributed by atoms with Gasteiger partial charge in [-0.3, -0.25) is 0 Å². The average Bonchev–Trinajstić information content (AvgIpc) is 2.87. The molecule has 6 nitrogen and oxygen atoms in total. The third-order valence-corrected chi connectivity index (χ3v) is 4.92. The van der Waals surface area contributed by atoms with Crippen molar-refractivity contribution in [2.75, 3.05) is 30.5 Å². The van der Waals surface area contributed by atoms with Gasteiger partial charge in [-0.2, -0.15) is 4.37 Å². The van der Waals surface area contributed by atoms with Gasteiger partial charge in [-0.05, 0) is 30.8 Å². The zero-order chi connectivity index (χ0) is 13.2. The number of hydrogen-bond donors (Lipinski definition) is 2. The van der Waals surface area contributed by atoms with Crippen molar-refractivity contribution < 1.29 is 13.2 Å². The first kappa shape index (κ1) is 13.6. The van der Waals surface area contributed by atoms with Gasteiger partial charge in [0.1, 0.15) is 9.90 Å². The Morgan fingerprint density at radius 3 is 3.00 bits per heavy atom. The SMILES string of the molecule is CS(=O)(=O)c1c(N)nsc1NCCC1CCCO1. The van der Waals surface area contributed by atoms with E-state index in [9.17, 15) is 8.42 Å². The van der Waals surface area contributed by atoms with Crippen molar-refractivity contribution in [2.45, 2.75) is 30.3 Å². The summed E-state index contributed by atoms with van der Waals surface area (Å²) in [5.41, 5.74) is 5.58. The normalized spacial score (nSPS) is 20.2. The van der Waals surface area contributed by atoms with Crippen LogP contribution < -0.4 is 11.1 Å². The van der Waals surface area contributed by atoms with Crippen LogP contribution in [0.2, 0.25) is 0 Å². The molecule has 18 heavy (non-hydrogen) atoms. The van der Waals surface area contributed by atoms with Gasteiger partial charge in [0.15, 0.2) is 15.7 Å². The molecule has 0 saturated carbocycles. The van der Waals surface area contributed by atoms with Crippen molar-refractivity contribution in [1.29, 1.82) is 0 Å². The van der Waals surface area contributed by atoms with Gasteiger partial charge >= 0.3 is 0 Å². The van der Waals surface area contributed by atoms with Gasteiger partial charge in [-0.1, -0.05) is 0 Å². The van der Waals surface area contributed by atoms with E-state index >= 15 is 0 Å². The Hall–Kier alpha value is -0.860. The summed E-state index contributed by atoms with van der Waals surface area (Å²) >= 11 is 1.08. The summed E-state index contributed by atoms with van der Waals surface area (Å²) in [5.74, 6) is 0.0714. The maximum Gasteiger partial charge on any atom is 0.182 e. The van der Waals surface area contributed by atoms with Gasteiger partial charge in [0.05, 0.1) is 6.10 Å². The lowest BCUT2D eigenvalue weighted by Gasteiger charge is -2.10. The van der Waals surface area contributed by atoms with E-state index in [-0.39, 0.29) is 16.8 Å². The first-order valence-corrected chi connectivity index (χ1v) is 8.45. The summed E-state index contributed by atoms with van der Waals surface area (Å²) < 4.78 is 32.5. The molecule has 2 heterocycles. The highest BCUT2D eigenvalue weighted by atomic mass is 32.2. The first-order chi connectivity index (χ1) is 8.48. The second kappa shape index (κ2) is 5.41. The van der Waals surface area contributed by atoms with Crippen molar-refractivity contribution in [3.05, 3.63) is 0 Å². The standard InChI is InChI=1S/C10H17N3O3S2/c1-18(14,15)8-9(11)13-17-10(8)12-5-4-7-3-2-6-16-7/h7,12H,2-6H2,1H3,(H2,11,13). The molecule has 1 unspecified atom stereocenters. The molecule has 1 saturated heterocycles. The van der Waals surface area contributed by atoms with Crippen molar-refractivity contribution in [3.63, 3.8) is 0 Å². The molecule has 0 aliphatic carbocycles. The molecular formula is C10H17N3O3S2. The summed E-state index contributed by atoms with van der Waals surface area (Å²) in [6.45, 7) is 1.49. The molecule has 1 fully saturated rings. The number of rotatable bonds is 5. The number of sulfone groups is 1. The van der Waals surface area contributed by atoms with E-state index in [1.807, 2.05) is 0 Å².